The van der Waals surface area contributed by atoms with Crippen LogP contribution in [-0.4, -0.2) is 9.94 Å². The summed E-state index contributed by atoms with van der Waals surface area (Å²) in [5.41, 5.74) is 3.62. The Bertz CT molecular complexity index is 623. The van der Waals surface area contributed by atoms with Crippen molar-refractivity contribution in [1.29, 1.82) is 5.26 Å². The Kier molecular flexibility index (Phi) is 3.86. The Morgan fingerprint density at radius 2 is 2.00 bits per heavy atom. The van der Waals surface area contributed by atoms with Crippen molar-refractivity contribution in [2.24, 2.45) is 0 Å². The zero-order valence-corrected chi connectivity index (χ0v) is 11.5. The van der Waals surface area contributed by atoms with Gasteiger partial charge in [-0.15, -0.1) is 5.10 Å². The summed E-state index contributed by atoms with van der Waals surface area (Å²) >= 11 is 0. The molecule has 98 valence electrons. The van der Waals surface area contributed by atoms with Gasteiger partial charge in [0.1, 0.15) is 0 Å². The molecule has 0 saturated heterocycles. The fourth-order valence-electron chi connectivity index (χ4n) is 1.91. The summed E-state index contributed by atoms with van der Waals surface area (Å²) < 4.78 is 0. The smallest absolute Gasteiger partial charge is 0.159 e. The molecule has 2 aromatic rings. The Morgan fingerprint density at radius 3 is 2.63 bits per heavy atom. The Hall–Kier alpha value is -2.28. The molecule has 0 fully saturated rings. The topological polar surface area (TPSA) is 50.8 Å². The van der Waals surface area contributed by atoms with E-state index in [1.54, 1.807) is 10.9 Å². The van der Waals surface area contributed by atoms with E-state index >= 15 is 0 Å². The molecule has 19 heavy (non-hydrogen) atoms. The molecular weight excluding hydrogens is 238 g/mol. The van der Waals surface area contributed by atoms with E-state index in [2.05, 4.69) is 25.0 Å². The van der Waals surface area contributed by atoms with Crippen molar-refractivity contribution in [2.75, 3.05) is 0 Å². The summed E-state index contributed by atoms with van der Waals surface area (Å²) in [6.45, 7) is 6.06. The lowest BCUT2D eigenvalue weighted by atomic mass is 10.1. The summed E-state index contributed by atoms with van der Waals surface area (Å²) in [5, 5.41) is 13.4. The maximum Gasteiger partial charge on any atom is 0.159 e. The van der Waals surface area contributed by atoms with Crippen LogP contribution in [0.3, 0.4) is 0 Å². The summed E-state index contributed by atoms with van der Waals surface area (Å²) in [5.74, 6) is 0.636. The second kappa shape index (κ2) is 5.57. The molecule has 1 aromatic heterocycles. The van der Waals surface area contributed by atoms with Crippen LogP contribution in [0, 0.1) is 18.3 Å². The van der Waals surface area contributed by atoms with E-state index in [1.807, 2.05) is 25.1 Å². The number of benzene rings is 1. The molecule has 1 heterocycles. The third-order valence-electron chi connectivity index (χ3n) is 2.89. The van der Waals surface area contributed by atoms with E-state index in [1.165, 1.54) is 0 Å². The van der Waals surface area contributed by atoms with Crippen LogP contribution >= 0.6 is 0 Å². The number of nitrogens with zero attached hydrogens (tertiary/aromatic N) is 3. The normalized spacial score (nSPS) is 10.2. The van der Waals surface area contributed by atoms with Crippen molar-refractivity contribution >= 4 is 0 Å². The van der Waals surface area contributed by atoms with Gasteiger partial charge >= 0.3 is 0 Å². The number of hydrogen-bond donors (Lipinski definition) is 0. The highest BCUT2D eigenvalue weighted by atomic mass is 16.7. The van der Waals surface area contributed by atoms with Crippen LogP contribution in [0.4, 0.5) is 0 Å². The monoisotopic (exact) mass is 255 g/mol. The second-order valence-electron chi connectivity index (χ2n) is 4.44. The van der Waals surface area contributed by atoms with Gasteiger partial charge in [-0.2, -0.15) is 5.26 Å². The van der Waals surface area contributed by atoms with E-state index in [0.717, 1.165) is 29.8 Å². The molecule has 0 aliphatic carbocycles. The van der Waals surface area contributed by atoms with Crippen molar-refractivity contribution in [3.63, 3.8) is 0 Å². The van der Waals surface area contributed by atoms with Gasteiger partial charge in [0.25, 0.3) is 0 Å². The second-order valence-corrected chi connectivity index (χ2v) is 4.44. The third kappa shape index (κ3) is 2.94. The summed E-state index contributed by atoms with van der Waals surface area (Å²) in [6.07, 6.45) is 1.73. The van der Waals surface area contributed by atoms with Gasteiger partial charge in [-0.05, 0) is 43.5 Å². The molecule has 4 nitrogen and oxygen atoms in total. The van der Waals surface area contributed by atoms with Crippen molar-refractivity contribution in [3.8, 4) is 11.8 Å². The lowest BCUT2D eigenvalue weighted by Crippen LogP contribution is -2.11. The number of aryl methyl sites for hydroxylation is 3. The highest BCUT2D eigenvalue weighted by Gasteiger charge is 2.08. The first-order valence-corrected chi connectivity index (χ1v) is 6.44. The molecule has 0 saturated carbocycles. The maximum absolute atomic E-state index is 8.97. The van der Waals surface area contributed by atoms with E-state index in [4.69, 9.17) is 10.1 Å². The van der Waals surface area contributed by atoms with Gasteiger partial charge in [0.2, 0.25) is 0 Å². The van der Waals surface area contributed by atoms with Crippen LogP contribution in [-0.2, 0) is 12.8 Å². The molecule has 0 bridgehead atoms. The maximum atomic E-state index is 8.97. The largest absolute Gasteiger partial charge is 0.358 e. The molecule has 0 spiro atoms. The van der Waals surface area contributed by atoms with Crippen LogP contribution in [0.25, 0.3) is 0 Å². The first-order chi connectivity index (χ1) is 9.16. The minimum atomic E-state index is 0.593. The molecule has 1 aromatic carbocycles. The fourth-order valence-corrected chi connectivity index (χ4v) is 1.91. The fraction of sp³-hybridized carbons (Fsp3) is 0.333. The quantitative estimate of drug-likeness (QED) is 0.843. The van der Waals surface area contributed by atoms with Gasteiger partial charge in [0.15, 0.2) is 5.75 Å². The molecule has 0 aliphatic rings. The lowest BCUT2D eigenvalue weighted by Gasteiger charge is -2.08. The zero-order chi connectivity index (χ0) is 13.8. The van der Waals surface area contributed by atoms with E-state index in [9.17, 15) is 0 Å². The molecule has 0 aliphatic heterocycles. The predicted molar refractivity (Wildman–Crippen MR) is 72.9 cm³/mol. The van der Waals surface area contributed by atoms with Gasteiger partial charge in [0.05, 0.1) is 23.0 Å². The van der Waals surface area contributed by atoms with E-state index in [-0.39, 0.29) is 0 Å². The highest BCUT2D eigenvalue weighted by molar-refractivity contribution is 5.40. The molecular formula is C15H17N3O. The Labute approximate surface area is 113 Å². The molecule has 4 heteroatoms. The number of hydrogen-bond acceptors (Lipinski definition) is 3. The summed E-state index contributed by atoms with van der Waals surface area (Å²) in [4.78, 5) is 7.31. The first-order valence-electron chi connectivity index (χ1n) is 6.44. The molecule has 0 unspecified atom stereocenters. The number of nitriles is 1. The average Bonchev–Trinajstić information content (AvgIpc) is 2.80. The molecule has 0 amide bonds. The van der Waals surface area contributed by atoms with Gasteiger partial charge in [-0.1, -0.05) is 18.7 Å². The SMILES string of the molecule is CCc1cc(CC)n(Oc2cc(C)cc(C#N)c2)n1. The van der Waals surface area contributed by atoms with Crippen LogP contribution in [0.1, 0.15) is 36.4 Å². The van der Waals surface area contributed by atoms with Gasteiger partial charge in [-0.25, -0.2) is 0 Å². The van der Waals surface area contributed by atoms with Crippen molar-refractivity contribution in [1.82, 2.24) is 9.94 Å². The van der Waals surface area contributed by atoms with Crippen molar-refractivity contribution in [2.45, 2.75) is 33.6 Å². The molecule has 0 N–H and O–H groups in total. The summed E-state index contributed by atoms with van der Waals surface area (Å²) in [6, 6.07) is 9.62. The molecule has 0 radical (unpaired) electrons. The lowest BCUT2D eigenvalue weighted by molar-refractivity contribution is 0.169. The van der Waals surface area contributed by atoms with Crippen molar-refractivity contribution < 1.29 is 4.84 Å². The molecule has 2 rings (SSSR count). The Balaban J connectivity index is 2.33. The highest BCUT2D eigenvalue weighted by Crippen LogP contribution is 2.18. The van der Waals surface area contributed by atoms with Gasteiger partial charge < -0.3 is 4.84 Å². The van der Waals surface area contributed by atoms with Crippen LogP contribution in [0.15, 0.2) is 24.3 Å². The minimum absolute atomic E-state index is 0.593. The number of rotatable bonds is 4. The van der Waals surface area contributed by atoms with Crippen LogP contribution in [0.5, 0.6) is 5.75 Å². The van der Waals surface area contributed by atoms with E-state index < -0.39 is 0 Å². The summed E-state index contributed by atoms with van der Waals surface area (Å²) in [7, 11) is 0. The first kappa shape index (κ1) is 13.2. The average molecular weight is 255 g/mol. The minimum Gasteiger partial charge on any atom is -0.358 e. The Morgan fingerprint density at radius 1 is 1.21 bits per heavy atom. The van der Waals surface area contributed by atoms with Crippen LogP contribution in [0.2, 0.25) is 0 Å². The van der Waals surface area contributed by atoms with Gasteiger partial charge in [0, 0.05) is 6.07 Å². The van der Waals surface area contributed by atoms with Crippen molar-refractivity contribution in [3.05, 3.63) is 46.8 Å². The number of aromatic nitrogens is 2. The van der Waals surface area contributed by atoms with E-state index in [0.29, 0.717) is 11.3 Å². The third-order valence-corrected chi connectivity index (χ3v) is 2.89. The molecule has 0 atom stereocenters. The zero-order valence-electron chi connectivity index (χ0n) is 11.5. The standard InChI is InChI=1S/C15H17N3O/c1-4-13-9-14(5-2)18(17-13)19-15-7-11(3)6-12(8-15)10-16/h6-9H,4-5H2,1-3H3. The van der Waals surface area contributed by atoms with Gasteiger partial charge in [-0.3, -0.25) is 0 Å². The van der Waals surface area contributed by atoms with Crippen LogP contribution < -0.4 is 4.84 Å². The predicted octanol–water partition coefficient (Wildman–Crippen LogP) is 3.03.